The molecule has 0 atom stereocenters. The van der Waals surface area contributed by atoms with Gasteiger partial charge in [-0.3, -0.25) is 4.79 Å². The van der Waals surface area contributed by atoms with Crippen LogP contribution in [-0.4, -0.2) is 29.5 Å². The Bertz CT molecular complexity index is 1190. The minimum Gasteiger partial charge on any atom is -0.493 e. The Morgan fingerprint density at radius 3 is 2.87 bits per heavy atom. The van der Waals surface area contributed by atoms with Gasteiger partial charge >= 0.3 is 0 Å². The Morgan fingerprint density at radius 2 is 2.00 bits per heavy atom. The summed E-state index contributed by atoms with van der Waals surface area (Å²) in [5.74, 6) is 0.857. The number of benzene rings is 3. The van der Waals surface area contributed by atoms with Crippen molar-refractivity contribution < 1.29 is 9.53 Å². The summed E-state index contributed by atoms with van der Waals surface area (Å²) in [6.45, 7) is 2.79. The molecule has 0 saturated carbocycles. The smallest absolute Gasteiger partial charge is 0.250 e. The van der Waals surface area contributed by atoms with Crippen molar-refractivity contribution in [3.05, 3.63) is 66.2 Å². The number of hydrogen-bond acceptors (Lipinski definition) is 6. The molecule has 31 heavy (non-hydrogen) atoms. The predicted octanol–water partition coefficient (Wildman–Crippen LogP) is 5.87. The number of thiazole rings is 1. The lowest BCUT2D eigenvalue weighted by Gasteiger charge is -2.11. The second-order valence-electron chi connectivity index (χ2n) is 6.93. The van der Waals surface area contributed by atoms with Crippen LogP contribution in [0.5, 0.6) is 5.75 Å². The molecular formula is C24H23N3O2S2. The van der Waals surface area contributed by atoms with Crippen molar-refractivity contribution in [2.45, 2.75) is 24.1 Å². The van der Waals surface area contributed by atoms with Crippen LogP contribution >= 0.6 is 23.1 Å². The Morgan fingerprint density at radius 1 is 1.16 bits per heavy atom. The van der Waals surface area contributed by atoms with E-state index >= 15 is 0 Å². The first kappa shape index (κ1) is 21.3. The fraction of sp³-hybridized carbons (Fsp3) is 0.208. The van der Waals surface area contributed by atoms with Gasteiger partial charge in [0, 0.05) is 5.56 Å². The van der Waals surface area contributed by atoms with E-state index in [4.69, 9.17) is 4.74 Å². The fourth-order valence-corrected chi connectivity index (χ4v) is 4.96. The number of hydrogen-bond donors (Lipinski definition) is 1. The molecule has 0 aliphatic carbocycles. The van der Waals surface area contributed by atoms with Crippen LogP contribution in [0, 0.1) is 0 Å². The molecule has 1 aromatic heterocycles. The summed E-state index contributed by atoms with van der Waals surface area (Å²) >= 11 is 3.01. The van der Waals surface area contributed by atoms with E-state index in [1.807, 2.05) is 54.6 Å². The number of ether oxygens (including phenoxy) is 1. The van der Waals surface area contributed by atoms with Gasteiger partial charge in [0.2, 0.25) is 0 Å². The number of nitrogens with one attached hydrogen (secondary N) is 1. The molecule has 4 aromatic rings. The number of rotatable bonds is 9. The number of unbranched alkanes of at least 4 members (excludes halogenated alkanes) is 1. The number of para-hydroxylation sites is 1. The van der Waals surface area contributed by atoms with Gasteiger partial charge < -0.3 is 4.74 Å². The van der Waals surface area contributed by atoms with E-state index in [1.54, 1.807) is 17.6 Å². The molecule has 3 aromatic carbocycles. The van der Waals surface area contributed by atoms with Gasteiger partial charge in [-0.05, 0) is 35.4 Å². The van der Waals surface area contributed by atoms with E-state index in [0.29, 0.717) is 6.61 Å². The van der Waals surface area contributed by atoms with E-state index in [9.17, 15) is 4.79 Å². The third-order valence-electron chi connectivity index (χ3n) is 4.67. The third-order valence-corrected chi connectivity index (χ3v) is 6.85. The Hall–Kier alpha value is -2.90. The number of fused-ring (bicyclic) bond motifs is 2. The minimum absolute atomic E-state index is 0.172. The summed E-state index contributed by atoms with van der Waals surface area (Å²) in [5, 5.41) is 6.34. The molecule has 0 aliphatic rings. The van der Waals surface area contributed by atoms with E-state index < -0.39 is 0 Å². The van der Waals surface area contributed by atoms with Gasteiger partial charge in [0.15, 0.2) is 4.34 Å². The molecule has 0 unspecified atom stereocenters. The van der Waals surface area contributed by atoms with Crippen LogP contribution in [0.1, 0.15) is 25.3 Å². The zero-order chi connectivity index (χ0) is 21.5. The molecule has 5 nitrogen and oxygen atoms in total. The lowest BCUT2D eigenvalue weighted by molar-refractivity contribution is -0.118. The fourth-order valence-electron chi connectivity index (χ4n) is 3.10. The molecule has 0 saturated heterocycles. The number of aromatic nitrogens is 1. The highest BCUT2D eigenvalue weighted by molar-refractivity contribution is 8.01. The molecule has 0 fully saturated rings. The molecule has 0 spiro atoms. The van der Waals surface area contributed by atoms with Crippen molar-refractivity contribution >= 4 is 56.2 Å². The minimum atomic E-state index is -0.172. The average molecular weight is 450 g/mol. The third kappa shape index (κ3) is 5.42. The van der Waals surface area contributed by atoms with Gasteiger partial charge in [0.25, 0.3) is 5.91 Å². The number of carbonyl (C=O) groups is 1. The summed E-state index contributed by atoms with van der Waals surface area (Å²) in [6.07, 6.45) is 3.73. The van der Waals surface area contributed by atoms with Crippen LogP contribution in [-0.2, 0) is 4.79 Å². The number of nitrogens with zero attached hydrogens (tertiary/aromatic N) is 2. The van der Waals surface area contributed by atoms with Crippen molar-refractivity contribution in [1.82, 2.24) is 10.4 Å². The van der Waals surface area contributed by atoms with Gasteiger partial charge in [0.1, 0.15) is 5.75 Å². The number of hydrazone groups is 1. The van der Waals surface area contributed by atoms with Crippen molar-refractivity contribution in [2.24, 2.45) is 5.10 Å². The Labute approximate surface area is 189 Å². The average Bonchev–Trinajstić information content (AvgIpc) is 3.22. The second kappa shape index (κ2) is 10.4. The van der Waals surface area contributed by atoms with Gasteiger partial charge in [0.05, 0.1) is 28.8 Å². The van der Waals surface area contributed by atoms with Crippen LogP contribution in [0.15, 0.2) is 70.1 Å². The van der Waals surface area contributed by atoms with Crippen LogP contribution in [0.25, 0.3) is 21.0 Å². The zero-order valence-corrected chi connectivity index (χ0v) is 18.8. The quantitative estimate of drug-likeness (QED) is 0.150. The first-order chi connectivity index (χ1) is 15.2. The van der Waals surface area contributed by atoms with Crippen molar-refractivity contribution in [1.29, 1.82) is 0 Å². The first-order valence-electron chi connectivity index (χ1n) is 10.2. The molecule has 0 radical (unpaired) electrons. The van der Waals surface area contributed by atoms with Crippen molar-refractivity contribution in [3.8, 4) is 5.75 Å². The van der Waals surface area contributed by atoms with Gasteiger partial charge in [-0.2, -0.15) is 5.10 Å². The Kier molecular flexibility index (Phi) is 7.17. The van der Waals surface area contributed by atoms with Gasteiger partial charge in [-0.1, -0.05) is 67.6 Å². The lowest BCUT2D eigenvalue weighted by Crippen LogP contribution is -2.19. The largest absolute Gasteiger partial charge is 0.493 e. The molecule has 1 N–H and O–H groups in total. The summed E-state index contributed by atoms with van der Waals surface area (Å²) < 4.78 is 7.96. The molecule has 0 aliphatic heterocycles. The number of amides is 1. The highest BCUT2D eigenvalue weighted by atomic mass is 32.2. The molecular weight excluding hydrogens is 426 g/mol. The summed E-state index contributed by atoms with van der Waals surface area (Å²) in [6, 6.07) is 20.0. The number of thioether (sulfide) groups is 1. The number of carbonyl (C=O) groups excluding carboxylic acids is 1. The summed E-state index contributed by atoms with van der Waals surface area (Å²) in [5.41, 5.74) is 4.45. The highest BCUT2D eigenvalue weighted by Gasteiger charge is 2.09. The van der Waals surface area contributed by atoms with Crippen LogP contribution in [0.4, 0.5) is 0 Å². The summed E-state index contributed by atoms with van der Waals surface area (Å²) in [7, 11) is 0. The van der Waals surface area contributed by atoms with E-state index in [-0.39, 0.29) is 11.7 Å². The van der Waals surface area contributed by atoms with Crippen LogP contribution in [0.3, 0.4) is 0 Å². The van der Waals surface area contributed by atoms with Crippen LogP contribution in [0.2, 0.25) is 0 Å². The lowest BCUT2D eigenvalue weighted by atomic mass is 10.0. The summed E-state index contributed by atoms with van der Waals surface area (Å²) in [4.78, 5) is 16.8. The normalized spacial score (nSPS) is 11.4. The maximum Gasteiger partial charge on any atom is 0.250 e. The first-order valence-corrected chi connectivity index (χ1v) is 12.0. The molecule has 1 heterocycles. The highest BCUT2D eigenvalue weighted by Crippen LogP contribution is 2.29. The van der Waals surface area contributed by atoms with Gasteiger partial charge in [-0.25, -0.2) is 10.4 Å². The van der Waals surface area contributed by atoms with Crippen molar-refractivity contribution in [2.75, 3.05) is 12.4 Å². The van der Waals surface area contributed by atoms with E-state index in [0.717, 1.165) is 49.5 Å². The Balaban J connectivity index is 1.42. The van der Waals surface area contributed by atoms with Crippen molar-refractivity contribution in [3.63, 3.8) is 0 Å². The molecule has 1 amide bonds. The van der Waals surface area contributed by atoms with E-state index in [1.165, 1.54) is 11.8 Å². The SMILES string of the molecule is CCCCOc1ccc2ccccc2c1/C=N/NC(=O)CSc1nc2ccccc2s1. The van der Waals surface area contributed by atoms with Crippen LogP contribution < -0.4 is 10.2 Å². The standard InChI is InChI=1S/C24H23N3O2S2/c1-2-3-14-29-21-13-12-17-8-4-5-9-18(17)19(21)15-25-27-23(28)16-30-24-26-20-10-6-7-11-22(20)31-24/h4-13,15H,2-3,14,16H2,1H3,(H,27,28)/b25-15+. The zero-order valence-electron chi connectivity index (χ0n) is 17.2. The monoisotopic (exact) mass is 449 g/mol. The molecule has 0 bridgehead atoms. The molecule has 4 rings (SSSR count). The van der Waals surface area contributed by atoms with E-state index in [2.05, 4.69) is 28.5 Å². The maximum atomic E-state index is 12.3. The molecule has 158 valence electrons. The van der Waals surface area contributed by atoms with Gasteiger partial charge in [-0.15, -0.1) is 11.3 Å². The second-order valence-corrected chi connectivity index (χ2v) is 9.18. The topological polar surface area (TPSA) is 63.6 Å². The maximum absolute atomic E-state index is 12.3. The predicted molar refractivity (Wildman–Crippen MR) is 130 cm³/mol. The molecule has 7 heteroatoms.